The van der Waals surface area contributed by atoms with E-state index in [0.717, 1.165) is 50.4 Å². The first-order chi connectivity index (χ1) is 21.1. The zero-order valence-corrected chi connectivity index (χ0v) is 24.3. The predicted molar refractivity (Wildman–Crippen MR) is 169 cm³/mol. The number of aromatic nitrogens is 3. The molecule has 0 aliphatic rings. The highest BCUT2D eigenvalue weighted by Gasteiger charge is 2.16. The third kappa shape index (κ3) is 6.93. The summed E-state index contributed by atoms with van der Waals surface area (Å²) in [4.78, 5) is 4.81. The van der Waals surface area contributed by atoms with E-state index < -0.39 is 0 Å². The van der Waals surface area contributed by atoms with Crippen molar-refractivity contribution in [3.63, 3.8) is 0 Å². The van der Waals surface area contributed by atoms with Gasteiger partial charge in [0.15, 0.2) is 0 Å². The van der Waals surface area contributed by atoms with Gasteiger partial charge >= 0.3 is 0 Å². The molecule has 2 aromatic heterocycles. The molecule has 0 fully saturated rings. The van der Waals surface area contributed by atoms with Gasteiger partial charge < -0.3 is 14.2 Å². The molecule has 0 atom stereocenters. The van der Waals surface area contributed by atoms with Crippen LogP contribution in [0.3, 0.4) is 0 Å². The van der Waals surface area contributed by atoms with Gasteiger partial charge in [0.05, 0.1) is 5.69 Å². The Morgan fingerprint density at radius 3 is 1.93 bits per heavy atom. The monoisotopic (exact) mass is 567 g/mol. The Labute approximate surface area is 252 Å². The van der Waals surface area contributed by atoms with Crippen molar-refractivity contribution in [2.24, 2.45) is 7.05 Å². The number of hydrogen-bond donors (Lipinski definition) is 0. The summed E-state index contributed by atoms with van der Waals surface area (Å²) in [6.07, 6.45) is 1.91. The van der Waals surface area contributed by atoms with E-state index in [4.69, 9.17) is 19.2 Å². The highest BCUT2D eigenvalue weighted by molar-refractivity contribution is 5.80. The maximum Gasteiger partial charge on any atom is 0.225 e. The van der Waals surface area contributed by atoms with Crippen LogP contribution in [0, 0.1) is 6.92 Å². The summed E-state index contributed by atoms with van der Waals surface area (Å²) in [6.45, 7) is 3.40. The summed E-state index contributed by atoms with van der Waals surface area (Å²) in [5, 5.41) is 4.38. The molecule has 4 aromatic carbocycles. The second kappa shape index (κ2) is 13.1. The van der Waals surface area contributed by atoms with Gasteiger partial charge in [-0.2, -0.15) is 10.1 Å². The minimum atomic E-state index is 0.404. The SMILES string of the molecule is Cc1c(-c2ccc(OCc3ccn(C)n3)cc2)cccc1-c1ccc(OCc2ccccc2)nc1OCc1ccccc1. The Bertz CT molecular complexity index is 1780. The van der Waals surface area contributed by atoms with Gasteiger partial charge in [0.1, 0.15) is 25.6 Å². The van der Waals surface area contributed by atoms with Crippen molar-refractivity contribution in [1.82, 2.24) is 14.8 Å². The van der Waals surface area contributed by atoms with Crippen molar-refractivity contribution in [3.05, 3.63) is 150 Å². The van der Waals surface area contributed by atoms with E-state index in [9.17, 15) is 0 Å². The Hall–Kier alpha value is -5.36. The van der Waals surface area contributed by atoms with Crippen LogP contribution in [0.4, 0.5) is 0 Å². The topological polar surface area (TPSA) is 58.4 Å². The summed E-state index contributed by atoms with van der Waals surface area (Å²) in [7, 11) is 1.90. The van der Waals surface area contributed by atoms with Gasteiger partial charge in [0.25, 0.3) is 0 Å². The molecule has 0 amide bonds. The zero-order valence-electron chi connectivity index (χ0n) is 24.3. The third-order valence-corrected chi connectivity index (χ3v) is 7.23. The average molecular weight is 568 g/mol. The van der Waals surface area contributed by atoms with Crippen LogP contribution in [0.2, 0.25) is 0 Å². The molecule has 0 N–H and O–H groups in total. The maximum atomic E-state index is 6.34. The van der Waals surface area contributed by atoms with E-state index in [-0.39, 0.29) is 0 Å². The molecule has 6 aromatic rings. The molecule has 43 heavy (non-hydrogen) atoms. The van der Waals surface area contributed by atoms with Gasteiger partial charge in [0, 0.05) is 24.9 Å². The molecule has 0 saturated carbocycles. The summed E-state index contributed by atoms with van der Waals surface area (Å²) in [5.74, 6) is 1.86. The van der Waals surface area contributed by atoms with Gasteiger partial charge in [-0.25, -0.2) is 0 Å². The minimum Gasteiger partial charge on any atom is -0.487 e. The summed E-state index contributed by atoms with van der Waals surface area (Å²) in [6, 6.07) is 40.6. The van der Waals surface area contributed by atoms with E-state index in [1.54, 1.807) is 4.68 Å². The molecule has 0 aliphatic carbocycles. The van der Waals surface area contributed by atoms with Crippen LogP contribution in [0.15, 0.2) is 128 Å². The first kappa shape index (κ1) is 27.8. The lowest BCUT2D eigenvalue weighted by molar-refractivity contribution is 0.268. The third-order valence-electron chi connectivity index (χ3n) is 7.23. The van der Waals surface area contributed by atoms with E-state index in [1.165, 1.54) is 0 Å². The highest BCUT2D eigenvalue weighted by atomic mass is 16.5. The van der Waals surface area contributed by atoms with Crippen molar-refractivity contribution in [2.75, 3.05) is 0 Å². The maximum absolute atomic E-state index is 6.34. The molecule has 0 bridgehead atoms. The van der Waals surface area contributed by atoms with Crippen LogP contribution in [0.1, 0.15) is 22.4 Å². The molecule has 0 unspecified atom stereocenters. The van der Waals surface area contributed by atoms with Crippen molar-refractivity contribution < 1.29 is 14.2 Å². The quantitative estimate of drug-likeness (QED) is 0.158. The normalized spacial score (nSPS) is 10.8. The molecule has 0 aliphatic heterocycles. The smallest absolute Gasteiger partial charge is 0.225 e. The lowest BCUT2D eigenvalue weighted by Crippen LogP contribution is -2.03. The number of pyridine rings is 1. The lowest BCUT2D eigenvalue weighted by atomic mass is 9.93. The van der Waals surface area contributed by atoms with Crippen molar-refractivity contribution in [3.8, 4) is 39.8 Å². The number of ether oxygens (including phenoxy) is 3. The molecule has 6 nitrogen and oxygen atoms in total. The summed E-state index contributed by atoms with van der Waals surface area (Å²) in [5.41, 5.74) is 8.38. The molecule has 0 radical (unpaired) electrons. The lowest BCUT2D eigenvalue weighted by Gasteiger charge is -2.17. The van der Waals surface area contributed by atoms with E-state index >= 15 is 0 Å². The number of rotatable bonds is 11. The molecule has 6 heteroatoms. The van der Waals surface area contributed by atoms with Crippen LogP contribution < -0.4 is 14.2 Å². The average Bonchev–Trinajstić information content (AvgIpc) is 3.48. The first-order valence-corrected chi connectivity index (χ1v) is 14.3. The number of nitrogens with zero attached hydrogens (tertiary/aromatic N) is 3. The van der Waals surface area contributed by atoms with Crippen molar-refractivity contribution in [1.29, 1.82) is 0 Å². The first-order valence-electron chi connectivity index (χ1n) is 14.3. The number of benzene rings is 4. The fraction of sp³-hybridized carbons (Fsp3) is 0.135. The fourth-order valence-electron chi connectivity index (χ4n) is 4.94. The van der Waals surface area contributed by atoms with Crippen molar-refractivity contribution in [2.45, 2.75) is 26.7 Å². The molecule has 214 valence electrons. The molecule has 0 saturated heterocycles. The summed E-state index contributed by atoms with van der Waals surface area (Å²) < 4.78 is 20.1. The van der Waals surface area contributed by atoms with Gasteiger partial charge in [-0.3, -0.25) is 4.68 Å². The van der Waals surface area contributed by atoms with Gasteiger partial charge in [-0.15, -0.1) is 0 Å². The van der Waals surface area contributed by atoms with E-state index in [1.807, 2.05) is 104 Å². The second-order valence-corrected chi connectivity index (χ2v) is 10.3. The fourth-order valence-corrected chi connectivity index (χ4v) is 4.94. The largest absolute Gasteiger partial charge is 0.487 e. The molecule has 2 heterocycles. The van der Waals surface area contributed by atoms with E-state index in [2.05, 4.69) is 42.4 Å². The molecule has 0 spiro atoms. The van der Waals surface area contributed by atoms with Crippen LogP contribution >= 0.6 is 0 Å². The van der Waals surface area contributed by atoms with Crippen molar-refractivity contribution >= 4 is 0 Å². The Morgan fingerprint density at radius 2 is 1.26 bits per heavy atom. The number of hydrogen-bond acceptors (Lipinski definition) is 5. The van der Waals surface area contributed by atoms with Crippen LogP contribution in [0.5, 0.6) is 17.5 Å². The Balaban J connectivity index is 1.26. The van der Waals surface area contributed by atoms with E-state index in [0.29, 0.717) is 31.6 Å². The van der Waals surface area contributed by atoms with Crippen LogP contribution in [0.25, 0.3) is 22.3 Å². The predicted octanol–water partition coefficient (Wildman–Crippen LogP) is 8.19. The summed E-state index contributed by atoms with van der Waals surface area (Å²) >= 11 is 0. The highest BCUT2D eigenvalue weighted by Crippen LogP contribution is 2.37. The van der Waals surface area contributed by atoms with Gasteiger partial charge in [0.2, 0.25) is 11.8 Å². The number of aryl methyl sites for hydroxylation is 1. The molecular weight excluding hydrogens is 534 g/mol. The standard InChI is InChI=1S/C37H33N3O3/c1-27-33(30-16-18-32(19-17-30)41-26-31-22-23-40(2)39-31)14-9-15-34(27)35-20-21-36(42-24-28-10-5-3-6-11-28)38-37(35)43-25-29-12-7-4-8-13-29/h3-23H,24-26H2,1-2H3. The molecule has 6 rings (SSSR count). The Morgan fingerprint density at radius 1 is 0.581 bits per heavy atom. The van der Waals surface area contributed by atoms with Gasteiger partial charge in [-0.1, -0.05) is 91.0 Å². The second-order valence-electron chi connectivity index (χ2n) is 10.3. The van der Waals surface area contributed by atoms with Crippen LogP contribution in [-0.2, 0) is 26.9 Å². The Kier molecular flexibility index (Phi) is 8.46. The zero-order chi connectivity index (χ0) is 29.4. The van der Waals surface area contributed by atoms with Gasteiger partial charge in [-0.05, 0) is 64.6 Å². The molecular formula is C37H33N3O3. The minimum absolute atomic E-state index is 0.404. The van der Waals surface area contributed by atoms with Crippen LogP contribution in [-0.4, -0.2) is 14.8 Å².